The van der Waals surface area contributed by atoms with Gasteiger partial charge in [0, 0.05) is 6.42 Å². The second-order valence-corrected chi connectivity index (χ2v) is 6.62. The SMILES string of the molecule is CCOc1ccccc1CCC(=O)NC(CC)c1ncc(-c2ccccc2)[nH]1. The Morgan fingerprint density at radius 1 is 1.11 bits per heavy atom. The predicted octanol–water partition coefficient (Wildman–Crippen LogP) is 4.68. The molecule has 0 saturated carbocycles. The molecule has 3 rings (SSSR count). The monoisotopic (exact) mass is 377 g/mol. The van der Waals surface area contributed by atoms with Gasteiger partial charge in [0.1, 0.15) is 11.6 Å². The van der Waals surface area contributed by atoms with Crippen molar-refractivity contribution in [3.05, 3.63) is 72.2 Å². The first-order chi connectivity index (χ1) is 13.7. The fraction of sp³-hybridized carbons (Fsp3) is 0.304. The van der Waals surface area contributed by atoms with Crippen molar-refractivity contribution in [3.8, 4) is 17.0 Å². The summed E-state index contributed by atoms with van der Waals surface area (Å²) in [5, 5.41) is 3.10. The van der Waals surface area contributed by atoms with Gasteiger partial charge in [0.15, 0.2) is 0 Å². The number of imidazole rings is 1. The maximum atomic E-state index is 12.5. The van der Waals surface area contributed by atoms with E-state index >= 15 is 0 Å². The van der Waals surface area contributed by atoms with Crippen molar-refractivity contribution in [3.63, 3.8) is 0 Å². The third-order valence-electron chi connectivity index (χ3n) is 4.65. The molecule has 1 heterocycles. The summed E-state index contributed by atoms with van der Waals surface area (Å²) >= 11 is 0. The van der Waals surface area contributed by atoms with Crippen LogP contribution < -0.4 is 10.1 Å². The van der Waals surface area contributed by atoms with Gasteiger partial charge in [0.2, 0.25) is 5.91 Å². The number of rotatable bonds is 9. The molecule has 1 unspecified atom stereocenters. The average Bonchev–Trinajstić information content (AvgIpc) is 3.22. The molecular weight excluding hydrogens is 350 g/mol. The molecule has 2 aromatic carbocycles. The van der Waals surface area contributed by atoms with Crippen molar-refractivity contribution in [2.75, 3.05) is 6.61 Å². The van der Waals surface area contributed by atoms with Crippen LogP contribution in [-0.4, -0.2) is 22.5 Å². The first-order valence-corrected chi connectivity index (χ1v) is 9.81. The second kappa shape index (κ2) is 9.74. The number of hydrogen-bond acceptors (Lipinski definition) is 3. The van der Waals surface area contributed by atoms with Crippen LogP contribution in [0.4, 0.5) is 0 Å². The zero-order valence-corrected chi connectivity index (χ0v) is 16.4. The molecule has 0 aliphatic carbocycles. The molecule has 5 nitrogen and oxygen atoms in total. The number of para-hydroxylation sites is 1. The second-order valence-electron chi connectivity index (χ2n) is 6.62. The number of ether oxygens (including phenoxy) is 1. The van der Waals surface area contributed by atoms with Gasteiger partial charge in [-0.2, -0.15) is 0 Å². The highest BCUT2D eigenvalue weighted by atomic mass is 16.5. The van der Waals surface area contributed by atoms with E-state index in [2.05, 4.69) is 15.3 Å². The van der Waals surface area contributed by atoms with E-state index in [0.717, 1.165) is 34.8 Å². The van der Waals surface area contributed by atoms with Crippen molar-refractivity contribution >= 4 is 5.91 Å². The van der Waals surface area contributed by atoms with Crippen LogP contribution in [0.2, 0.25) is 0 Å². The summed E-state index contributed by atoms with van der Waals surface area (Å²) < 4.78 is 5.64. The molecule has 0 aliphatic rings. The van der Waals surface area contributed by atoms with Gasteiger partial charge in [-0.3, -0.25) is 4.79 Å². The van der Waals surface area contributed by atoms with E-state index < -0.39 is 0 Å². The Balaban J connectivity index is 1.60. The van der Waals surface area contributed by atoms with Crippen LogP contribution in [0, 0.1) is 0 Å². The molecule has 146 valence electrons. The standard InChI is InChI=1S/C23H27N3O2/c1-3-19(23-24-16-20(26-23)17-10-6-5-7-11-17)25-22(27)15-14-18-12-8-9-13-21(18)28-4-2/h5-13,16,19H,3-4,14-15H2,1-2H3,(H,24,26)(H,25,27). The molecule has 0 spiro atoms. The predicted molar refractivity (Wildman–Crippen MR) is 111 cm³/mol. The lowest BCUT2D eigenvalue weighted by Crippen LogP contribution is -2.29. The maximum absolute atomic E-state index is 12.5. The first kappa shape index (κ1) is 19.7. The number of nitrogens with one attached hydrogen (secondary N) is 2. The third kappa shape index (κ3) is 5.00. The largest absolute Gasteiger partial charge is 0.494 e. The van der Waals surface area contributed by atoms with Gasteiger partial charge >= 0.3 is 0 Å². The first-order valence-electron chi connectivity index (χ1n) is 9.81. The van der Waals surface area contributed by atoms with Crippen LogP contribution in [-0.2, 0) is 11.2 Å². The Labute approximate surface area is 166 Å². The molecule has 0 saturated heterocycles. The molecule has 1 aromatic heterocycles. The van der Waals surface area contributed by atoms with Crippen molar-refractivity contribution in [2.45, 2.75) is 39.2 Å². The molecule has 0 fully saturated rings. The highest BCUT2D eigenvalue weighted by Gasteiger charge is 2.17. The van der Waals surface area contributed by atoms with Gasteiger partial charge in [-0.05, 0) is 37.0 Å². The smallest absolute Gasteiger partial charge is 0.220 e. The minimum atomic E-state index is -0.132. The van der Waals surface area contributed by atoms with Gasteiger partial charge in [-0.25, -0.2) is 4.98 Å². The number of aromatic nitrogens is 2. The number of aryl methyl sites for hydroxylation is 1. The molecule has 2 N–H and O–H groups in total. The molecule has 1 amide bonds. The Bertz CT molecular complexity index is 890. The molecule has 0 bridgehead atoms. The van der Waals surface area contributed by atoms with Crippen LogP contribution in [0.5, 0.6) is 5.75 Å². The van der Waals surface area contributed by atoms with Crippen LogP contribution in [0.3, 0.4) is 0 Å². The third-order valence-corrected chi connectivity index (χ3v) is 4.65. The Kier molecular flexibility index (Phi) is 6.84. The number of carbonyl (C=O) groups is 1. The van der Waals surface area contributed by atoms with Crippen LogP contribution in [0.15, 0.2) is 60.8 Å². The van der Waals surface area contributed by atoms with E-state index in [1.807, 2.05) is 74.6 Å². The number of hydrogen-bond donors (Lipinski definition) is 2. The summed E-state index contributed by atoms with van der Waals surface area (Å²) in [7, 11) is 0. The quantitative estimate of drug-likeness (QED) is 0.569. The summed E-state index contributed by atoms with van der Waals surface area (Å²) in [5.74, 6) is 1.64. The summed E-state index contributed by atoms with van der Waals surface area (Å²) in [4.78, 5) is 20.3. The number of H-pyrrole nitrogens is 1. The zero-order chi connectivity index (χ0) is 19.8. The van der Waals surface area contributed by atoms with Crippen LogP contribution in [0.25, 0.3) is 11.3 Å². The lowest BCUT2D eigenvalue weighted by Gasteiger charge is -2.15. The molecule has 3 aromatic rings. The zero-order valence-electron chi connectivity index (χ0n) is 16.4. The highest BCUT2D eigenvalue weighted by molar-refractivity contribution is 5.76. The number of benzene rings is 2. The maximum Gasteiger partial charge on any atom is 0.220 e. The van der Waals surface area contributed by atoms with Crippen LogP contribution in [0.1, 0.15) is 44.1 Å². The van der Waals surface area contributed by atoms with E-state index in [1.165, 1.54) is 0 Å². The fourth-order valence-corrected chi connectivity index (χ4v) is 3.16. The molecular formula is C23H27N3O2. The molecule has 0 radical (unpaired) electrons. The summed E-state index contributed by atoms with van der Waals surface area (Å²) in [6.07, 6.45) is 3.64. The van der Waals surface area contributed by atoms with Crippen molar-refractivity contribution < 1.29 is 9.53 Å². The van der Waals surface area contributed by atoms with Gasteiger partial charge < -0.3 is 15.0 Å². The number of carbonyl (C=O) groups excluding carboxylic acids is 1. The normalized spacial score (nSPS) is 11.8. The summed E-state index contributed by atoms with van der Waals surface area (Å²) in [6.45, 7) is 4.62. The van der Waals surface area contributed by atoms with E-state index in [4.69, 9.17) is 4.74 Å². The fourth-order valence-electron chi connectivity index (χ4n) is 3.16. The minimum Gasteiger partial charge on any atom is -0.494 e. The Morgan fingerprint density at radius 3 is 2.61 bits per heavy atom. The average molecular weight is 377 g/mol. The van der Waals surface area contributed by atoms with Gasteiger partial charge in [-0.15, -0.1) is 0 Å². The van der Waals surface area contributed by atoms with E-state index in [0.29, 0.717) is 19.4 Å². The molecule has 5 heteroatoms. The number of aromatic amines is 1. The molecule has 1 atom stereocenters. The molecule has 28 heavy (non-hydrogen) atoms. The lowest BCUT2D eigenvalue weighted by atomic mass is 10.1. The van der Waals surface area contributed by atoms with Gasteiger partial charge in [0.25, 0.3) is 0 Å². The van der Waals surface area contributed by atoms with Crippen molar-refractivity contribution in [1.29, 1.82) is 0 Å². The summed E-state index contributed by atoms with van der Waals surface area (Å²) in [5.41, 5.74) is 3.08. The lowest BCUT2D eigenvalue weighted by molar-refractivity contribution is -0.121. The minimum absolute atomic E-state index is 0.0100. The molecule has 0 aliphatic heterocycles. The number of amides is 1. The van der Waals surface area contributed by atoms with Crippen molar-refractivity contribution in [1.82, 2.24) is 15.3 Å². The van der Waals surface area contributed by atoms with Crippen LogP contribution >= 0.6 is 0 Å². The topological polar surface area (TPSA) is 67.0 Å². The van der Waals surface area contributed by atoms with E-state index in [-0.39, 0.29) is 11.9 Å². The Hall–Kier alpha value is -3.08. The van der Waals surface area contributed by atoms with E-state index in [9.17, 15) is 4.79 Å². The van der Waals surface area contributed by atoms with Gasteiger partial charge in [0.05, 0.1) is 24.5 Å². The van der Waals surface area contributed by atoms with Gasteiger partial charge in [-0.1, -0.05) is 55.5 Å². The Morgan fingerprint density at radius 2 is 1.86 bits per heavy atom. The van der Waals surface area contributed by atoms with E-state index in [1.54, 1.807) is 0 Å². The highest BCUT2D eigenvalue weighted by Crippen LogP contribution is 2.22. The number of nitrogens with zero attached hydrogens (tertiary/aromatic N) is 1. The van der Waals surface area contributed by atoms with Crippen molar-refractivity contribution in [2.24, 2.45) is 0 Å². The summed E-state index contributed by atoms with van der Waals surface area (Å²) in [6, 6.07) is 17.8.